The van der Waals surface area contributed by atoms with Crippen LogP contribution >= 0.6 is 11.6 Å². The lowest BCUT2D eigenvalue weighted by atomic mass is 10.1. The molecule has 0 aliphatic carbocycles. The van der Waals surface area contributed by atoms with E-state index in [2.05, 4.69) is 4.99 Å². The van der Waals surface area contributed by atoms with Gasteiger partial charge in [0.15, 0.2) is 0 Å². The Morgan fingerprint density at radius 1 is 1.47 bits per heavy atom. The van der Waals surface area contributed by atoms with Crippen LogP contribution in [0.4, 0.5) is 5.69 Å². The van der Waals surface area contributed by atoms with Crippen molar-refractivity contribution in [2.45, 2.75) is 32.9 Å². The largest absolute Gasteiger partial charge is 0.394 e. The zero-order valence-corrected chi connectivity index (χ0v) is 11.0. The van der Waals surface area contributed by atoms with Crippen molar-refractivity contribution in [2.75, 3.05) is 5.73 Å². The van der Waals surface area contributed by atoms with Crippen molar-refractivity contribution in [1.29, 1.82) is 0 Å². The molecule has 0 unspecified atom stereocenters. The van der Waals surface area contributed by atoms with Crippen LogP contribution in [0.3, 0.4) is 0 Å². The van der Waals surface area contributed by atoms with Gasteiger partial charge in [-0.2, -0.15) is 0 Å². The maximum absolute atomic E-state index is 11.7. The van der Waals surface area contributed by atoms with E-state index in [1.807, 2.05) is 20.8 Å². The van der Waals surface area contributed by atoms with Crippen molar-refractivity contribution >= 4 is 23.1 Å². The Morgan fingerprint density at radius 2 is 2.06 bits per heavy atom. The fraction of sp³-hybridized carbons (Fsp3) is 0.455. The van der Waals surface area contributed by atoms with Crippen LogP contribution in [0.25, 0.3) is 0 Å². The summed E-state index contributed by atoms with van der Waals surface area (Å²) < 4.78 is 1.29. The van der Waals surface area contributed by atoms with E-state index in [9.17, 15) is 4.79 Å². The summed E-state index contributed by atoms with van der Waals surface area (Å²) in [5, 5.41) is 0.288. The molecule has 0 atom stereocenters. The first-order valence-corrected chi connectivity index (χ1v) is 5.57. The maximum atomic E-state index is 11.7. The van der Waals surface area contributed by atoms with Crippen LogP contribution in [-0.4, -0.2) is 15.9 Å². The molecule has 1 aromatic heterocycles. The molecule has 0 bridgehead atoms. The Kier molecular flexibility index (Phi) is 3.83. The summed E-state index contributed by atoms with van der Waals surface area (Å²) in [6, 6.07) is 3.03. The summed E-state index contributed by atoms with van der Waals surface area (Å²) >= 11 is 5.91. The third-order valence-electron chi connectivity index (χ3n) is 1.95. The second-order valence-electron chi connectivity index (χ2n) is 4.78. The first-order chi connectivity index (χ1) is 7.70. The molecule has 1 aromatic rings. The van der Waals surface area contributed by atoms with Gasteiger partial charge < -0.3 is 11.5 Å². The molecule has 4 N–H and O–H groups in total. The van der Waals surface area contributed by atoms with E-state index in [1.165, 1.54) is 10.6 Å². The van der Waals surface area contributed by atoms with Crippen molar-refractivity contribution in [1.82, 2.24) is 4.57 Å². The molecule has 17 heavy (non-hydrogen) atoms. The number of halogens is 1. The summed E-state index contributed by atoms with van der Waals surface area (Å²) in [5.74, 6) is 0.340. The van der Waals surface area contributed by atoms with Crippen molar-refractivity contribution < 1.29 is 0 Å². The molecule has 6 heteroatoms. The van der Waals surface area contributed by atoms with Gasteiger partial charge in [-0.05, 0) is 32.9 Å². The first kappa shape index (κ1) is 13.6. The van der Waals surface area contributed by atoms with Crippen molar-refractivity contribution in [3.05, 3.63) is 27.6 Å². The molecule has 0 aliphatic heterocycles. The number of pyridine rings is 1. The standard InChI is InChI=1S/C11H17ClN4O/c1-11(2,3)15-9(14)6-16-8(12)5-4-7(13)10(16)17/h4-5H,6,13H2,1-3H3,(H2,14,15). The molecular weight excluding hydrogens is 240 g/mol. The number of aliphatic imine (C=N–C) groups is 1. The number of hydrogen-bond acceptors (Lipinski definition) is 3. The molecule has 1 rings (SSSR count). The molecule has 0 aliphatic rings. The molecule has 0 amide bonds. The minimum atomic E-state index is -0.357. The summed E-state index contributed by atoms with van der Waals surface area (Å²) in [5.41, 5.74) is 10.8. The Hall–Kier alpha value is -1.49. The van der Waals surface area contributed by atoms with Gasteiger partial charge in [-0.25, -0.2) is 0 Å². The predicted molar refractivity (Wildman–Crippen MR) is 71.5 cm³/mol. The molecule has 0 saturated carbocycles. The van der Waals surface area contributed by atoms with E-state index in [0.29, 0.717) is 5.84 Å². The summed E-state index contributed by atoms with van der Waals surface area (Å²) in [6.45, 7) is 5.90. The normalized spacial score (nSPS) is 12.8. The van der Waals surface area contributed by atoms with E-state index in [0.717, 1.165) is 0 Å². The van der Waals surface area contributed by atoms with Gasteiger partial charge in [0.1, 0.15) is 11.0 Å². The fourth-order valence-corrected chi connectivity index (χ4v) is 1.55. The van der Waals surface area contributed by atoms with Crippen LogP contribution in [0.5, 0.6) is 0 Å². The summed E-state index contributed by atoms with van der Waals surface area (Å²) in [6.07, 6.45) is 0. The monoisotopic (exact) mass is 256 g/mol. The number of rotatable bonds is 2. The van der Waals surface area contributed by atoms with Gasteiger partial charge in [0.05, 0.1) is 17.8 Å². The molecule has 94 valence electrons. The van der Waals surface area contributed by atoms with E-state index >= 15 is 0 Å². The molecule has 0 spiro atoms. The molecule has 0 saturated heterocycles. The predicted octanol–water partition coefficient (Wildman–Crippen LogP) is 1.24. The molecule has 5 nitrogen and oxygen atoms in total. The average Bonchev–Trinajstić information content (AvgIpc) is 2.16. The van der Waals surface area contributed by atoms with Crippen LogP contribution in [0.2, 0.25) is 5.15 Å². The molecule has 0 aromatic carbocycles. The second-order valence-corrected chi connectivity index (χ2v) is 5.16. The van der Waals surface area contributed by atoms with Gasteiger partial charge in [0.25, 0.3) is 5.56 Å². The highest BCUT2D eigenvalue weighted by Gasteiger charge is 2.11. The molecule has 1 heterocycles. The van der Waals surface area contributed by atoms with Crippen molar-refractivity contribution in [2.24, 2.45) is 10.7 Å². The molecule has 0 radical (unpaired) electrons. The third kappa shape index (κ3) is 3.78. The van der Waals surface area contributed by atoms with Crippen molar-refractivity contribution in [3.63, 3.8) is 0 Å². The minimum absolute atomic E-state index is 0.137. The molecule has 0 fully saturated rings. The number of nitrogens with zero attached hydrogens (tertiary/aromatic N) is 2. The van der Waals surface area contributed by atoms with Gasteiger partial charge >= 0.3 is 0 Å². The lowest BCUT2D eigenvalue weighted by molar-refractivity contribution is 0.578. The van der Waals surface area contributed by atoms with Crippen LogP contribution in [0.15, 0.2) is 21.9 Å². The lowest BCUT2D eigenvalue weighted by Crippen LogP contribution is -2.31. The zero-order valence-electron chi connectivity index (χ0n) is 10.2. The third-order valence-corrected chi connectivity index (χ3v) is 2.28. The maximum Gasteiger partial charge on any atom is 0.275 e. The number of amidine groups is 1. The minimum Gasteiger partial charge on any atom is -0.394 e. The zero-order chi connectivity index (χ0) is 13.2. The quantitative estimate of drug-likeness (QED) is 0.474. The van der Waals surface area contributed by atoms with Crippen LogP contribution in [0.1, 0.15) is 20.8 Å². The molecular formula is C11H17ClN4O. The Bertz CT molecular complexity index is 499. The number of nitrogens with two attached hydrogens (primary N) is 2. The van der Waals surface area contributed by atoms with E-state index in [-0.39, 0.29) is 28.5 Å². The smallest absolute Gasteiger partial charge is 0.275 e. The number of hydrogen-bond donors (Lipinski definition) is 2. The van der Waals surface area contributed by atoms with E-state index in [4.69, 9.17) is 23.1 Å². The van der Waals surface area contributed by atoms with Gasteiger partial charge in [-0.3, -0.25) is 14.4 Å². The summed E-state index contributed by atoms with van der Waals surface area (Å²) in [7, 11) is 0. The Balaban J connectivity index is 3.09. The number of aromatic nitrogens is 1. The van der Waals surface area contributed by atoms with Crippen LogP contribution < -0.4 is 17.0 Å². The topological polar surface area (TPSA) is 86.4 Å². The van der Waals surface area contributed by atoms with Crippen LogP contribution in [-0.2, 0) is 6.54 Å². The van der Waals surface area contributed by atoms with E-state index < -0.39 is 0 Å². The second kappa shape index (κ2) is 4.79. The highest BCUT2D eigenvalue weighted by atomic mass is 35.5. The lowest BCUT2D eigenvalue weighted by Gasteiger charge is -2.15. The Morgan fingerprint density at radius 3 is 2.59 bits per heavy atom. The highest BCUT2D eigenvalue weighted by molar-refractivity contribution is 6.29. The highest BCUT2D eigenvalue weighted by Crippen LogP contribution is 2.09. The Labute approximate surface area is 105 Å². The number of nitrogen functional groups attached to an aromatic ring is 1. The average molecular weight is 257 g/mol. The van der Waals surface area contributed by atoms with Gasteiger partial charge in [0.2, 0.25) is 0 Å². The van der Waals surface area contributed by atoms with Gasteiger partial charge in [0, 0.05) is 0 Å². The van der Waals surface area contributed by atoms with Gasteiger partial charge in [-0.1, -0.05) is 11.6 Å². The first-order valence-electron chi connectivity index (χ1n) is 5.20. The fourth-order valence-electron chi connectivity index (χ4n) is 1.35. The van der Waals surface area contributed by atoms with Gasteiger partial charge in [-0.15, -0.1) is 0 Å². The van der Waals surface area contributed by atoms with E-state index in [1.54, 1.807) is 6.07 Å². The van der Waals surface area contributed by atoms with Crippen molar-refractivity contribution in [3.8, 4) is 0 Å². The SMILES string of the molecule is CC(C)(C)N=C(N)Cn1c(Cl)ccc(N)c1=O. The van der Waals surface area contributed by atoms with Crippen LogP contribution in [0, 0.1) is 0 Å². The number of anilines is 1. The summed E-state index contributed by atoms with van der Waals surface area (Å²) in [4.78, 5) is 16.0.